The molecule has 3 aromatic rings. The second-order valence-corrected chi connectivity index (χ2v) is 8.00. The maximum Gasteiger partial charge on any atom is 0.404 e. The quantitative estimate of drug-likeness (QED) is 0.631. The number of amides is 1. The lowest BCUT2D eigenvalue weighted by atomic mass is 10.3. The molecule has 0 fully saturated rings. The van der Waals surface area contributed by atoms with Gasteiger partial charge in [0.2, 0.25) is 9.84 Å². The second-order valence-electron chi connectivity index (χ2n) is 6.10. The number of carboxylic acid groups (broad SMARTS) is 1. The molecule has 152 valence electrons. The second kappa shape index (κ2) is 7.95. The molecule has 0 spiro atoms. The van der Waals surface area contributed by atoms with Crippen molar-refractivity contribution in [3.8, 4) is 5.69 Å². The zero-order valence-corrected chi connectivity index (χ0v) is 15.9. The molecular formula is C18H16F2N4O4S. The largest absolute Gasteiger partial charge is 0.465 e. The van der Waals surface area contributed by atoms with Gasteiger partial charge in [-0.25, -0.2) is 26.7 Å². The van der Waals surface area contributed by atoms with E-state index in [-0.39, 0.29) is 29.2 Å². The van der Waals surface area contributed by atoms with E-state index in [2.05, 4.69) is 15.4 Å². The van der Waals surface area contributed by atoms with Crippen LogP contribution < -0.4 is 5.32 Å². The Morgan fingerprint density at radius 3 is 2.62 bits per heavy atom. The zero-order chi connectivity index (χ0) is 21.2. The van der Waals surface area contributed by atoms with Gasteiger partial charge >= 0.3 is 6.09 Å². The molecule has 8 nitrogen and oxygen atoms in total. The third-order valence-electron chi connectivity index (χ3n) is 3.99. The molecule has 0 saturated heterocycles. The number of aryl methyl sites for hydroxylation is 1. The van der Waals surface area contributed by atoms with Crippen LogP contribution in [0, 0.1) is 18.6 Å². The Kier molecular flexibility index (Phi) is 5.59. The zero-order valence-electron chi connectivity index (χ0n) is 15.1. The Labute approximate surface area is 164 Å². The van der Waals surface area contributed by atoms with E-state index in [4.69, 9.17) is 5.11 Å². The summed E-state index contributed by atoms with van der Waals surface area (Å²) in [5.74, 6) is -1.64. The summed E-state index contributed by atoms with van der Waals surface area (Å²) in [5, 5.41) is 14.5. The molecule has 0 bridgehead atoms. The molecular weight excluding hydrogens is 406 g/mol. The number of sulfone groups is 1. The van der Waals surface area contributed by atoms with Crippen LogP contribution in [0.15, 0.2) is 52.5 Å². The molecule has 1 amide bonds. The van der Waals surface area contributed by atoms with E-state index < -0.39 is 32.6 Å². The van der Waals surface area contributed by atoms with E-state index >= 15 is 0 Å². The summed E-state index contributed by atoms with van der Waals surface area (Å²) < 4.78 is 55.0. The van der Waals surface area contributed by atoms with Crippen molar-refractivity contribution in [3.05, 3.63) is 65.6 Å². The fourth-order valence-corrected chi connectivity index (χ4v) is 3.91. The molecule has 3 rings (SSSR count). The molecule has 0 aliphatic heterocycles. The third-order valence-corrected chi connectivity index (χ3v) is 5.69. The Morgan fingerprint density at radius 1 is 1.21 bits per heavy atom. The number of rotatable bonds is 6. The molecule has 0 saturated carbocycles. The van der Waals surface area contributed by atoms with Crippen LogP contribution >= 0.6 is 0 Å². The summed E-state index contributed by atoms with van der Waals surface area (Å²) in [5.41, 5.74) is 0.399. The first-order chi connectivity index (χ1) is 13.7. The van der Waals surface area contributed by atoms with Crippen LogP contribution in [0.3, 0.4) is 0 Å². The van der Waals surface area contributed by atoms with Crippen molar-refractivity contribution in [3.63, 3.8) is 0 Å². The summed E-state index contributed by atoms with van der Waals surface area (Å²) in [4.78, 5) is 14.4. The Bertz CT molecular complexity index is 1160. The number of hydrogen-bond acceptors (Lipinski definition) is 5. The summed E-state index contributed by atoms with van der Waals surface area (Å²) in [7, 11) is -4.17. The van der Waals surface area contributed by atoms with Crippen LogP contribution in [0.4, 0.5) is 13.6 Å². The summed E-state index contributed by atoms with van der Waals surface area (Å²) in [6.45, 7) is 1.65. The first-order valence-corrected chi connectivity index (χ1v) is 9.85. The highest BCUT2D eigenvalue weighted by Gasteiger charge is 2.26. The minimum absolute atomic E-state index is 0.0381. The van der Waals surface area contributed by atoms with Crippen LogP contribution in [-0.4, -0.2) is 40.9 Å². The number of nitrogens with one attached hydrogen (secondary N) is 1. The van der Waals surface area contributed by atoms with Crippen molar-refractivity contribution in [2.45, 2.75) is 23.3 Å². The van der Waals surface area contributed by atoms with Crippen LogP contribution in [0.5, 0.6) is 0 Å². The van der Waals surface area contributed by atoms with Gasteiger partial charge in [-0.15, -0.1) is 0 Å². The van der Waals surface area contributed by atoms with Gasteiger partial charge in [0.05, 0.1) is 10.6 Å². The smallest absolute Gasteiger partial charge is 0.404 e. The number of halogens is 2. The molecule has 2 heterocycles. The van der Waals surface area contributed by atoms with Gasteiger partial charge in [0.25, 0.3) is 0 Å². The highest BCUT2D eigenvalue weighted by atomic mass is 32.2. The van der Waals surface area contributed by atoms with Crippen LogP contribution in [0.25, 0.3) is 5.69 Å². The summed E-state index contributed by atoms with van der Waals surface area (Å²) >= 11 is 0. The van der Waals surface area contributed by atoms with E-state index in [9.17, 15) is 22.0 Å². The van der Waals surface area contributed by atoms with Crippen molar-refractivity contribution < 1.29 is 27.1 Å². The van der Waals surface area contributed by atoms with Gasteiger partial charge in [0, 0.05) is 30.9 Å². The molecule has 0 atom stereocenters. The van der Waals surface area contributed by atoms with Gasteiger partial charge in [-0.2, -0.15) is 5.10 Å². The van der Waals surface area contributed by atoms with Crippen molar-refractivity contribution in [2.75, 3.05) is 6.54 Å². The number of hydrogen-bond donors (Lipinski definition) is 2. The topological polar surface area (TPSA) is 114 Å². The van der Waals surface area contributed by atoms with Crippen molar-refractivity contribution in [1.29, 1.82) is 0 Å². The molecule has 0 radical (unpaired) electrons. The fraction of sp³-hybridized carbons (Fsp3) is 0.167. The third kappa shape index (κ3) is 4.40. The van der Waals surface area contributed by atoms with Crippen LogP contribution in [-0.2, 0) is 16.3 Å². The lowest BCUT2D eigenvalue weighted by Crippen LogP contribution is -2.23. The molecule has 29 heavy (non-hydrogen) atoms. The predicted octanol–water partition coefficient (Wildman–Crippen LogP) is 2.50. The Balaban J connectivity index is 2.13. The van der Waals surface area contributed by atoms with E-state index in [1.54, 1.807) is 6.92 Å². The van der Waals surface area contributed by atoms with Gasteiger partial charge in [-0.1, -0.05) is 0 Å². The van der Waals surface area contributed by atoms with E-state index in [0.717, 1.165) is 29.1 Å². The number of aromatic nitrogens is 3. The lowest BCUT2D eigenvalue weighted by molar-refractivity contribution is 0.194. The molecule has 0 aliphatic carbocycles. The normalized spacial score (nSPS) is 11.4. The van der Waals surface area contributed by atoms with E-state index in [1.165, 1.54) is 18.2 Å². The molecule has 0 unspecified atom stereocenters. The standard InChI is InChI=1S/C18H16F2N4O4S/c1-11-2-4-14(10-22-11)29(27,28)17-9-13(6-7-21-18(25)26)23-24(17)16-8-12(19)3-5-15(16)20/h2-5,8-10,21H,6-7H2,1H3,(H,25,26). The lowest BCUT2D eigenvalue weighted by Gasteiger charge is -2.09. The monoisotopic (exact) mass is 422 g/mol. The molecule has 0 aliphatic rings. The Hall–Kier alpha value is -3.34. The minimum Gasteiger partial charge on any atom is -0.465 e. The van der Waals surface area contributed by atoms with Crippen LogP contribution in [0.1, 0.15) is 11.4 Å². The highest BCUT2D eigenvalue weighted by molar-refractivity contribution is 7.91. The fourth-order valence-electron chi connectivity index (χ4n) is 2.58. The van der Waals surface area contributed by atoms with Gasteiger partial charge in [-0.3, -0.25) is 4.98 Å². The van der Waals surface area contributed by atoms with E-state index in [0.29, 0.717) is 5.69 Å². The highest BCUT2D eigenvalue weighted by Crippen LogP contribution is 2.26. The van der Waals surface area contributed by atoms with Gasteiger partial charge in [0.15, 0.2) is 5.03 Å². The average molecular weight is 422 g/mol. The maximum atomic E-state index is 14.3. The van der Waals surface area contributed by atoms with Crippen molar-refractivity contribution in [1.82, 2.24) is 20.1 Å². The molecule has 2 aromatic heterocycles. The molecule has 2 N–H and O–H groups in total. The molecule has 11 heteroatoms. The van der Waals surface area contributed by atoms with Gasteiger partial charge in [0.1, 0.15) is 17.3 Å². The number of nitrogens with zero attached hydrogens (tertiary/aromatic N) is 3. The van der Waals surface area contributed by atoms with Crippen molar-refractivity contribution >= 4 is 15.9 Å². The Morgan fingerprint density at radius 2 is 1.97 bits per heavy atom. The number of benzene rings is 1. The summed E-state index contributed by atoms with van der Waals surface area (Å²) in [6, 6.07) is 6.65. The maximum absolute atomic E-state index is 14.3. The minimum atomic E-state index is -4.17. The van der Waals surface area contributed by atoms with Gasteiger partial charge in [-0.05, 0) is 37.3 Å². The summed E-state index contributed by atoms with van der Waals surface area (Å²) in [6.07, 6.45) is -0.0419. The van der Waals surface area contributed by atoms with Crippen LogP contribution in [0.2, 0.25) is 0 Å². The first-order valence-electron chi connectivity index (χ1n) is 8.37. The van der Waals surface area contributed by atoms with Crippen molar-refractivity contribution in [2.24, 2.45) is 0 Å². The average Bonchev–Trinajstić information content (AvgIpc) is 3.08. The first kappa shape index (κ1) is 20.4. The van der Waals surface area contributed by atoms with E-state index in [1.807, 2.05) is 0 Å². The predicted molar refractivity (Wildman–Crippen MR) is 97.6 cm³/mol. The molecule has 1 aromatic carbocycles. The van der Waals surface area contributed by atoms with Gasteiger partial charge < -0.3 is 10.4 Å². The number of carbonyl (C=O) groups is 1. The SMILES string of the molecule is Cc1ccc(S(=O)(=O)c2cc(CCNC(=O)O)nn2-c2cc(F)ccc2F)cn1. The number of pyridine rings is 1.